The van der Waals surface area contributed by atoms with E-state index in [-0.39, 0.29) is 6.61 Å². The molecule has 0 aromatic heterocycles. The lowest BCUT2D eigenvalue weighted by Gasteiger charge is -2.31. The molecule has 0 unspecified atom stereocenters. The fraction of sp³-hybridized carbons (Fsp3) is 0.348. The molecule has 0 N–H and O–H groups in total. The molecular formula is C23H26O6. The molecule has 0 aliphatic rings. The van der Waals surface area contributed by atoms with E-state index >= 15 is 0 Å². The van der Waals surface area contributed by atoms with Gasteiger partial charge in [-0.25, -0.2) is 4.79 Å². The summed E-state index contributed by atoms with van der Waals surface area (Å²) in [4.78, 5) is 36.4. The zero-order valence-corrected chi connectivity index (χ0v) is 16.8. The molecule has 0 spiro atoms. The second kappa shape index (κ2) is 11.1. The average molecular weight is 398 g/mol. The highest BCUT2D eigenvalue weighted by molar-refractivity contribution is 5.89. The van der Waals surface area contributed by atoms with Crippen LogP contribution in [-0.4, -0.2) is 37.5 Å². The molecule has 6 heteroatoms. The molecule has 154 valence electrons. The van der Waals surface area contributed by atoms with Crippen LogP contribution in [0.5, 0.6) is 0 Å². The second-order valence-electron chi connectivity index (χ2n) is 6.80. The molecule has 0 aliphatic carbocycles. The van der Waals surface area contributed by atoms with Gasteiger partial charge in [-0.3, -0.25) is 4.79 Å². The van der Waals surface area contributed by atoms with Crippen LogP contribution < -0.4 is 0 Å². The normalized spacial score (nSPS) is 14.9. The van der Waals surface area contributed by atoms with Gasteiger partial charge in [-0.2, -0.15) is 0 Å². The zero-order valence-electron chi connectivity index (χ0n) is 16.8. The third-order valence-corrected chi connectivity index (χ3v) is 4.77. The summed E-state index contributed by atoms with van der Waals surface area (Å²) in [6.07, 6.45) is -1.10. The molecule has 0 saturated heterocycles. The number of carbonyl (C=O) groups is 3. The lowest BCUT2D eigenvalue weighted by Crippen LogP contribution is -2.42. The summed E-state index contributed by atoms with van der Waals surface area (Å²) in [6, 6.07) is 17.9. The minimum atomic E-state index is -0.902. The van der Waals surface area contributed by atoms with Crippen LogP contribution in [-0.2, 0) is 30.4 Å². The van der Waals surface area contributed by atoms with Gasteiger partial charge in [-0.1, -0.05) is 55.5 Å². The number of methoxy groups -OCH3 is 1. The van der Waals surface area contributed by atoms with E-state index in [0.29, 0.717) is 11.8 Å². The van der Waals surface area contributed by atoms with E-state index in [2.05, 4.69) is 0 Å². The van der Waals surface area contributed by atoms with Crippen molar-refractivity contribution in [1.29, 1.82) is 0 Å². The lowest BCUT2D eigenvalue weighted by molar-refractivity contribution is -0.153. The predicted molar refractivity (Wildman–Crippen MR) is 107 cm³/mol. The Labute approximate surface area is 170 Å². The topological polar surface area (TPSA) is 78.9 Å². The molecule has 29 heavy (non-hydrogen) atoms. The van der Waals surface area contributed by atoms with Crippen LogP contribution in [0, 0.1) is 11.8 Å². The number of hydrogen-bond acceptors (Lipinski definition) is 6. The first-order valence-electron chi connectivity index (χ1n) is 9.42. The van der Waals surface area contributed by atoms with Gasteiger partial charge in [0.05, 0.1) is 25.2 Å². The Hall–Kier alpha value is -2.99. The fourth-order valence-corrected chi connectivity index (χ4v) is 3.02. The minimum absolute atomic E-state index is 0.223. The van der Waals surface area contributed by atoms with Gasteiger partial charge >= 0.3 is 11.9 Å². The third-order valence-electron chi connectivity index (χ3n) is 4.77. The van der Waals surface area contributed by atoms with Crippen molar-refractivity contribution in [2.24, 2.45) is 11.8 Å². The highest BCUT2D eigenvalue weighted by Crippen LogP contribution is 2.24. The molecule has 0 heterocycles. The van der Waals surface area contributed by atoms with E-state index in [1.807, 2.05) is 30.3 Å². The summed E-state index contributed by atoms with van der Waals surface area (Å²) in [5.41, 5.74) is 1.26. The Balaban J connectivity index is 2.17. The van der Waals surface area contributed by atoms with Crippen LogP contribution in [0.15, 0.2) is 60.7 Å². The molecule has 2 aromatic rings. The summed E-state index contributed by atoms with van der Waals surface area (Å²) in [7, 11) is 1.27. The third kappa shape index (κ3) is 6.26. The second-order valence-corrected chi connectivity index (χ2v) is 6.80. The molecule has 0 radical (unpaired) electrons. The smallest absolute Gasteiger partial charge is 0.338 e. The van der Waals surface area contributed by atoms with E-state index in [0.717, 1.165) is 5.56 Å². The van der Waals surface area contributed by atoms with Gasteiger partial charge in [0.15, 0.2) is 0 Å². The number of benzene rings is 2. The minimum Gasteiger partial charge on any atom is -0.469 e. The Morgan fingerprint density at radius 2 is 1.55 bits per heavy atom. The van der Waals surface area contributed by atoms with E-state index in [4.69, 9.17) is 14.2 Å². The van der Waals surface area contributed by atoms with Gasteiger partial charge in [-0.05, 0) is 24.6 Å². The number of ether oxygens (including phenoxy) is 3. The Bertz CT molecular complexity index is 790. The maximum atomic E-state index is 12.6. The standard InChI is InChI=1S/C23H26O6/c1-16(20(14-24)28-15-18-10-6-4-7-11-18)21(17(2)22(25)27-3)29-23(26)19-12-8-5-9-13-19/h4-14,16-17,20-21H,15H2,1-3H3/t16-,17-,20-,21+/m1/s1. The number of rotatable bonds is 10. The summed E-state index contributed by atoms with van der Waals surface area (Å²) >= 11 is 0. The molecule has 0 amide bonds. The summed E-state index contributed by atoms with van der Waals surface area (Å²) < 4.78 is 16.2. The maximum absolute atomic E-state index is 12.6. The van der Waals surface area contributed by atoms with Gasteiger partial charge in [-0.15, -0.1) is 0 Å². The average Bonchev–Trinajstić information content (AvgIpc) is 2.77. The van der Waals surface area contributed by atoms with Crippen molar-refractivity contribution in [2.75, 3.05) is 7.11 Å². The van der Waals surface area contributed by atoms with E-state index in [9.17, 15) is 14.4 Å². The molecule has 0 fully saturated rings. The first kappa shape index (κ1) is 22.3. The van der Waals surface area contributed by atoms with Gasteiger partial charge in [0.1, 0.15) is 18.5 Å². The first-order chi connectivity index (χ1) is 14.0. The van der Waals surface area contributed by atoms with Crippen molar-refractivity contribution in [3.05, 3.63) is 71.8 Å². The van der Waals surface area contributed by atoms with Crippen LogP contribution in [0.4, 0.5) is 0 Å². The summed E-state index contributed by atoms with van der Waals surface area (Å²) in [5.74, 6) is -2.45. The van der Waals surface area contributed by atoms with Gasteiger partial charge < -0.3 is 19.0 Å². The molecule has 4 atom stereocenters. The molecule has 6 nitrogen and oxygen atoms in total. The quantitative estimate of drug-likeness (QED) is 0.451. The van der Waals surface area contributed by atoms with Crippen molar-refractivity contribution in [2.45, 2.75) is 32.7 Å². The van der Waals surface area contributed by atoms with Crippen molar-refractivity contribution < 1.29 is 28.6 Å². The highest BCUT2D eigenvalue weighted by atomic mass is 16.6. The summed E-state index contributed by atoms with van der Waals surface area (Å²) in [6.45, 7) is 3.54. The fourth-order valence-electron chi connectivity index (χ4n) is 3.02. The van der Waals surface area contributed by atoms with Crippen LogP contribution in [0.1, 0.15) is 29.8 Å². The number of carbonyl (C=O) groups excluding carboxylic acids is 3. The Kier molecular flexibility index (Phi) is 8.55. The summed E-state index contributed by atoms with van der Waals surface area (Å²) in [5, 5.41) is 0. The van der Waals surface area contributed by atoms with Gasteiger partial charge in [0, 0.05) is 5.92 Å². The number of esters is 2. The number of hydrogen-bond donors (Lipinski definition) is 0. The van der Waals surface area contributed by atoms with Crippen molar-refractivity contribution >= 4 is 18.2 Å². The van der Waals surface area contributed by atoms with Crippen molar-refractivity contribution in [1.82, 2.24) is 0 Å². The largest absolute Gasteiger partial charge is 0.469 e. The monoisotopic (exact) mass is 398 g/mol. The lowest BCUT2D eigenvalue weighted by atomic mass is 9.89. The molecule has 0 bridgehead atoms. The molecule has 2 rings (SSSR count). The Morgan fingerprint density at radius 1 is 0.966 bits per heavy atom. The van der Waals surface area contributed by atoms with Crippen LogP contribution in [0.3, 0.4) is 0 Å². The predicted octanol–water partition coefficient (Wildman–Crippen LogP) is 3.44. The van der Waals surface area contributed by atoms with Crippen LogP contribution in [0.25, 0.3) is 0 Å². The van der Waals surface area contributed by atoms with Crippen LogP contribution >= 0.6 is 0 Å². The van der Waals surface area contributed by atoms with Crippen LogP contribution in [0.2, 0.25) is 0 Å². The SMILES string of the molecule is COC(=O)[C@H](C)[C@@H](OC(=O)c1ccccc1)[C@H](C)[C@@H](C=O)OCc1ccccc1. The molecule has 0 aliphatic heterocycles. The van der Waals surface area contributed by atoms with E-state index < -0.39 is 36.0 Å². The molecule has 0 saturated carbocycles. The van der Waals surface area contributed by atoms with Gasteiger partial charge in [0.2, 0.25) is 0 Å². The van der Waals surface area contributed by atoms with Gasteiger partial charge in [0.25, 0.3) is 0 Å². The molecular weight excluding hydrogens is 372 g/mol. The van der Waals surface area contributed by atoms with E-state index in [1.165, 1.54) is 7.11 Å². The Morgan fingerprint density at radius 3 is 2.10 bits per heavy atom. The molecule has 2 aromatic carbocycles. The van der Waals surface area contributed by atoms with Crippen molar-refractivity contribution in [3.8, 4) is 0 Å². The number of aldehydes is 1. The van der Waals surface area contributed by atoms with E-state index in [1.54, 1.807) is 44.2 Å². The zero-order chi connectivity index (χ0) is 21.2. The first-order valence-corrected chi connectivity index (χ1v) is 9.42. The maximum Gasteiger partial charge on any atom is 0.338 e. The highest BCUT2D eigenvalue weighted by Gasteiger charge is 2.37. The van der Waals surface area contributed by atoms with Crippen molar-refractivity contribution in [3.63, 3.8) is 0 Å².